The minimum atomic E-state index is -2.46. The molecule has 0 bridgehead atoms. The molecule has 0 fully saturated rings. The van der Waals surface area contributed by atoms with Gasteiger partial charge >= 0.3 is 0 Å². The van der Waals surface area contributed by atoms with Gasteiger partial charge < -0.3 is 5.73 Å². The van der Waals surface area contributed by atoms with Gasteiger partial charge in [0.15, 0.2) is 0 Å². The van der Waals surface area contributed by atoms with Gasteiger partial charge in [-0.2, -0.15) is 0 Å². The fourth-order valence-corrected chi connectivity index (χ4v) is 1.95. The average molecular weight is 264 g/mol. The molecule has 1 unspecified atom stereocenters. The molecule has 0 aliphatic rings. The number of hydrogen-bond acceptors (Lipinski definition) is 1. The largest absolute Gasteiger partial charge is 0.323 e. The summed E-state index contributed by atoms with van der Waals surface area (Å²) in [6, 6.07) is 4.53. The summed E-state index contributed by atoms with van der Waals surface area (Å²) in [5, 5.41) is 0. The summed E-state index contributed by atoms with van der Waals surface area (Å²) in [6.07, 6.45) is -2.26. The van der Waals surface area contributed by atoms with E-state index in [9.17, 15) is 8.78 Å². The molecule has 1 rings (SSSR count). The molecule has 0 aliphatic heterocycles. The standard InChI is InChI=1S/C10H12BrF2N/c1-6-2-7(4-8(11)3-6)5-9(14)10(12)13/h2-4,9-10H,5,14H2,1H3. The number of alkyl halides is 2. The molecule has 0 saturated carbocycles. The van der Waals surface area contributed by atoms with Crippen LogP contribution in [0.4, 0.5) is 8.78 Å². The van der Waals surface area contributed by atoms with Crippen LogP contribution in [0.1, 0.15) is 11.1 Å². The third-order valence-corrected chi connectivity index (χ3v) is 2.35. The summed E-state index contributed by atoms with van der Waals surface area (Å²) in [6.45, 7) is 1.92. The summed E-state index contributed by atoms with van der Waals surface area (Å²) >= 11 is 3.31. The predicted molar refractivity (Wildman–Crippen MR) is 56.6 cm³/mol. The van der Waals surface area contributed by atoms with Crippen molar-refractivity contribution in [3.63, 3.8) is 0 Å². The molecule has 0 amide bonds. The Balaban J connectivity index is 2.76. The van der Waals surface area contributed by atoms with Crippen LogP contribution in [0.15, 0.2) is 22.7 Å². The second kappa shape index (κ2) is 4.84. The third-order valence-electron chi connectivity index (χ3n) is 1.90. The van der Waals surface area contributed by atoms with E-state index in [-0.39, 0.29) is 6.42 Å². The second-order valence-corrected chi connectivity index (χ2v) is 4.25. The molecule has 0 radical (unpaired) electrons. The summed E-state index contributed by atoms with van der Waals surface area (Å²) in [4.78, 5) is 0. The molecule has 78 valence electrons. The first-order valence-corrected chi connectivity index (χ1v) is 5.08. The molecular formula is C10H12BrF2N. The summed E-state index contributed by atoms with van der Waals surface area (Å²) in [7, 11) is 0. The molecule has 1 atom stereocenters. The highest BCUT2D eigenvalue weighted by atomic mass is 79.9. The van der Waals surface area contributed by atoms with Crippen molar-refractivity contribution in [2.45, 2.75) is 25.8 Å². The predicted octanol–water partition coefficient (Wildman–Crippen LogP) is 2.89. The highest BCUT2D eigenvalue weighted by molar-refractivity contribution is 9.10. The summed E-state index contributed by atoms with van der Waals surface area (Å²) in [5.74, 6) is 0. The lowest BCUT2D eigenvalue weighted by atomic mass is 10.0. The van der Waals surface area contributed by atoms with Crippen LogP contribution >= 0.6 is 15.9 Å². The number of aryl methyl sites for hydroxylation is 1. The molecule has 0 spiro atoms. The minimum Gasteiger partial charge on any atom is -0.323 e. The van der Waals surface area contributed by atoms with Crippen LogP contribution in [-0.4, -0.2) is 12.5 Å². The normalized spacial score (nSPS) is 13.3. The molecule has 0 saturated heterocycles. The van der Waals surface area contributed by atoms with Gasteiger partial charge in [0.05, 0.1) is 6.04 Å². The molecule has 4 heteroatoms. The molecule has 0 aromatic heterocycles. The quantitative estimate of drug-likeness (QED) is 0.892. The van der Waals surface area contributed by atoms with E-state index < -0.39 is 12.5 Å². The molecule has 1 nitrogen and oxygen atoms in total. The number of rotatable bonds is 3. The smallest absolute Gasteiger partial charge is 0.253 e. The lowest BCUT2D eigenvalue weighted by Crippen LogP contribution is -2.30. The maximum absolute atomic E-state index is 12.2. The third kappa shape index (κ3) is 3.35. The van der Waals surface area contributed by atoms with E-state index in [2.05, 4.69) is 15.9 Å². The zero-order valence-corrected chi connectivity index (χ0v) is 9.39. The van der Waals surface area contributed by atoms with Crippen molar-refractivity contribution >= 4 is 15.9 Å². The van der Waals surface area contributed by atoms with Gasteiger partial charge in [-0.3, -0.25) is 0 Å². The van der Waals surface area contributed by atoms with Gasteiger partial charge in [0.25, 0.3) is 6.43 Å². The molecule has 2 N–H and O–H groups in total. The molecule has 14 heavy (non-hydrogen) atoms. The van der Waals surface area contributed by atoms with Crippen LogP contribution in [-0.2, 0) is 6.42 Å². The fraction of sp³-hybridized carbons (Fsp3) is 0.400. The van der Waals surface area contributed by atoms with Gasteiger partial charge in [0.1, 0.15) is 0 Å². The number of benzene rings is 1. The Morgan fingerprint density at radius 1 is 1.36 bits per heavy atom. The molecule has 1 aromatic rings. The van der Waals surface area contributed by atoms with E-state index in [4.69, 9.17) is 5.73 Å². The van der Waals surface area contributed by atoms with E-state index in [0.29, 0.717) is 0 Å². The Labute approximate surface area is 90.4 Å². The minimum absolute atomic E-state index is 0.206. The van der Waals surface area contributed by atoms with Crippen LogP contribution < -0.4 is 5.73 Å². The van der Waals surface area contributed by atoms with Crippen molar-refractivity contribution in [1.82, 2.24) is 0 Å². The second-order valence-electron chi connectivity index (χ2n) is 3.34. The van der Waals surface area contributed by atoms with Crippen molar-refractivity contribution in [3.8, 4) is 0 Å². The fourth-order valence-electron chi connectivity index (χ4n) is 1.29. The lowest BCUT2D eigenvalue weighted by Gasteiger charge is -2.11. The summed E-state index contributed by atoms with van der Waals surface area (Å²) < 4.78 is 25.3. The number of hydrogen-bond donors (Lipinski definition) is 1. The highest BCUT2D eigenvalue weighted by Crippen LogP contribution is 2.17. The van der Waals surface area contributed by atoms with E-state index in [0.717, 1.165) is 15.6 Å². The maximum Gasteiger partial charge on any atom is 0.253 e. The monoisotopic (exact) mass is 263 g/mol. The van der Waals surface area contributed by atoms with Gasteiger partial charge in [-0.1, -0.05) is 22.0 Å². The Hall–Kier alpha value is -0.480. The van der Waals surface area contributed by atoms with Crippen molar-refractivity contribution in [1.29, 1.82) is 0 Å². The molecule has 1 aromatic carbocycles. The van der Waals surface area contributed by atoms with Crippen molar-refractivity contribution in [3.05, 3.63) is 33.8 Å². The van der Waals surface area contributed by atoms with E-state index in [1.165, 1.54) is 0 Å². The molecule has 0 aliphatic carbocycles. The van der Waals surface area contributed by atoms with E-state index in [1.54, 1.807) is 0 Å². The Morgan fingerprint density at radius 2 is 2.00 bits per heavy atom. The Bertz CT molecular complexity index is 295. The van der Waals surface area contributed by atoms with Crippen LogP contribution in [0.5, 0.6) is 0 Å². The van der Waals surface area contributed by atoms with Gasteiger partial charge in [-0.15, -0.1) is 0 Å². The lowest BCUT2D eigenvalue weighted by molar-refractivity contribution is 0.116. The van der Waals surface area contributed by atoms with Gasteiger partial charge in [0, 0.05) is 4.47 Å². The van der Waals surface area contributed by atoms with Crippen molar-refractivity contribution < 1.29 is 8.78 Å². The van der Waals surface area contributed by atoms with Crippen molar-refractivity contribution in [2.24, 2.45) is 5.73 Å². The SMILES string of the molecule is Cc1cc(Br)cc(CC(N)C(F)F)c1. The first-order valence-electron chi connectivity index (χ1n) is 4.29. The van der Waals surface area contributed by atoms with Crippen LogP contribution in [0.25, 0.3) is 0 Å². The zero-order valence-electron chi connectivity index (χ0n) is 7.81. The maximum atomic E-state index is 12.2. The van der Waals surface area contributed by atoms with Crippen LogP contribution in [0.3, 0.4) is 0 Å². The Morgan fingerprint density at radius 3 is 2.50 bits per heavy atom. The molecular weight excluding hydrogens is 252 g/mol. The number of nitrogens with two attached hydrogens (primary N) is 1. The van der Waals surface area contributed by atoms with E-state index >= 15 is 0 Å². The highest BCUT2D eigenvalue weighted by Gasteiger charge is 2.15. The van der Waals surface area contributed by atoms with Crippen molar-refractivity contribution in [2.75, 3.05) is 0 Å². The topological polar surface area (TPSA) is 26.0 Å². The average Bonchev–Trinajstić information content (AvgIpc) is 2.01. The first kappa shape index (κ1) is 11.6. The van der Waals surface area contributed by atoms with Crippen LogP contribution in [0, 0.1) is 6.92 Å². The van der Waals surface area contributed by atoms with Gasteiger partial charge in [-0.25, -0.2) is 8.78 Å². The van der Waals surface area contributed by atoms with E-state index in [1.807, 2.05) is 25.1 Å². The van der Waals surface area contributed by atoms with Gasteiger partial charge in [0.2, 0.25) is 0 Å². The Kier molecular flexibility index (Phi) is 4.01. The first-order chi connectivity index (χ1) is 6.49. The number of halogens is 3. The zero-order chi connectivity index (χ0) is 10.7. The van der Waals surface area contributed by atoms with Crippen LogP contribution in [0.2, 0.25) is 0 Å². The molecule has 0 heterocycles. The summed E-state index contributed by atoms with van der Waals surface area (Å²) in [5.41, 5.74) is 7.16. The van der Waals surface area contributed by atoms with Gasteiger partial charge in [-0.05, 0) is 36.6 Å².